The van der Waals surface area contributed by atoms with Crippen molar-refractivity contribution in [2.75, 3.05) is 48.0 Å². The molecule has 2 aromatic carbocycles. The number of aliphatic carboxylic acids is 1. The Labute approximate surface area is 383 Å². The van der Waals surface area contributed by atoms with Crippen LogP contribution in [0.5, 0.6) is 0 Å². The normalized spacial score (nSPS) is 17.9. The van der Waals surface area contributed by atoms with Gasteiger partial charge in [-0.1, -0.05) is 116 Å². The number of hydrogen-bond donors (Lipinski definition) is 3. The van der Waals surface area contributed by atoms with Gasteiger partial charge in [-0.25, -0.2) is 0 Å². The summed E-state index contributed by atoms with van der Waals surface area (Å²) in [5, 5.41) is 15.4. The van der Waals surface area contributed by atoms with Crippen molar-refractivity contribution in [1.29, 1.82) is 0 Å². The lowest BCUT2D eigenvalue weighted by molar-refractivity contribution is -0.148. The van der Waals surface area contributed by atoms with Crippen LogP contribution in [0.3, 0.4) is 0 Å². The molecule has 0 radical (unpaired) electrons. The second-order valence-corrected chi connectivity index (χ2v) is 18.4. The molecule has 1 fully saturated rings. The van der Waals surface area contributed by atoms with E-state index in [0.29, 0.717) is 52.0 Å². The van der Waals surface area contributed by atoms with E-state index < -0.39 is 42.2 Å². The number of likely N-dealkylation sites (N-methyl/N-ethyl adjacent to an activating group) is 2. The number of carbonyl (C=O) groups excluding carboxylic acids is 4. The fourth-order valence-electron chi connectivity index (χ4n) is 9.18. The zero-order valence-electron chi connectivity index (χ0n) is 40.5. The summed E-state index contributed by atoms with van der Waals surface area (Å²) >= 11 is 0. The molecule has 9 atom stereocenters. The molecule has 0 saturated carbocycles. The number of likely N-dealkylation sites (tertiary alicyclic amines) is 1. The average Bonchev–Trinajstić information content (AvgIpc) is 3.75. The van der Waals surface area contributed by atoms with E-state index >= 15 is 0 Å². The highest BCUT2D eigenvalue weighted by atomic mass is 16.5. The molecule has 14 nitrogen and oxygen atoms in total. The van der Waals surface area contributed by atoms with Crippen molar-refractivity contribution in [3.05, 3.63) is 71.8 Å². The SMILES string of the molecule is CCC(C)C(C(CC(=O)N1CCC[C@H]1C(OC)C(C)C(=O)NC(COCc1ccccc1)Cc1ccccc1)OC)N(C)C(=O)C(NC(=O)C(C(C)C)N(C)CCCC(=O)O)C(C)C. The Balaban J connectivity index is 1.76. The first-order valence-electron chi connectivity index (χ1n) is 23.2. The Morgan fingerprint density at radius 3 is 2.02 bits per heavy atom. The molecule has 1 heterocycles. The molecule has 3 N–H and O–H groups in total. The van der Waals surface area contributed by atoms with Crippen molar-refractivity contribution >= 4 is 29.6 Å². The summed E-state index contributed by atoms with van der Waals surface area (Å²) in [5.41, 5.74) is 2.13. The second kappa shape index (κ2) is 27.2. The molecule has 1 saturated heterocycles. The highest BCUT2D eigenvalue weighted by Gasteiger charge is 2.43. The zero-order valence-corrected chi connectivity index (χ0v) is 40.5. The number of amides is 4. The Bertz CT molecular complexity index is 1730. The molecular formula is C50H79N5O9. The van der Waals surface area contributed by atoms with Gasteiger partial charge in [-0.2, -0.15) is 0 Å². The molecule has 8 unspecified atom stereocenters. The van der Waals surface area contributed by atoms with Crippen LogP contribution in [0.4, 0.5) is 0 Å². The Morgan fingerprint density at radius 2 is 1.47 bits per heavy atom. The van der Waals surface area contributed by atoms with Gasteiger partial charge in [0.15, 0.2) is 0 Å². The van der Waals surface area contributed by atoms with E-state index in [-0.39, 0.29) is 66.3 Å². The van der Waals surface area contributed by atoms with Crippen molar-refractivity contribution in [3.63, 3.8) is 0 Å². The number of methoxy groups -OCH3 is 2. The van der Waals surface area contributed by atoms with Gasteiger partial charge in [0, 0.05) is 34.2 Å². The predicted molar refractivity (Wildman–Crippen MR) is 249 cm³/mol. The van der Waals surface area contributed by atoms with Gasteiger partial charge in [-0.15, -0.1) is 0 Å². The van der Waals surface area contributed by atoms with Gasteiger partial charge >= 0.3 is 5.97 Å². The predicted octanol–water partition coefficient (Wildman–Crippen LogP) is 5.81. The van der Waals surface area contributed by atoms with E-state index in [1.54, 1.807) is 33.2 Å². The van der Waals surface area contributed by atoms with Gasteiger partial charge < -0.3 is 39.8 Å². The summed E-state index contributed by atoms with van der Waals surface area (Å²) in [4.78, 5) is 73.3. The smallest absolute Gasteiger partial charge is 0.303 e. The van der Waals surface area contributed by atoms with E-state index in [4.69, 9.17) is 19.3 Å². The summed E-state index contributed by atoms with van der Waals surface area (Å²) in [6.45, 7) is 15.2. The fourth-order valence-corrected chi connectivity index (χ4v) is 9.18. The summed E-state index contributed by atoms with van der Waals surface area (Å²) in [5.74, 6) is -2.81. The number of carboxylic acid groups (broad SMARTS) is 1. The topological polar surface area (TPSA) is 167 Å². The van der Waals surface area contributed by atoms with Crippen LogP contribution >= 0.6 is 0 Å². The number of ether oxygens (including phenoxy) is 3. The number of carboxylic acids is 1. The van der Waals surface area contributed by atoms with Crippen LogP contribution in [0.1, 0.15) is 98.1 Å². The van der Waals surface area contributed by atoms with E-state index in [1.165, 1.54) is 0 Å². The minimum Gasteiger partial charge on any atom is -0.481 e. The largest absolute Gasteiger partial charge is 0.481 e. The molecular weight excluding hydrogens is 815 g/mol. The Hall–Kier alpha value is -4.37. The maximum absolute atomic E-state index is 14.5. The summed E-state index contributed by atoms with van der Waals surface area (Å²) in [6, 6.07) is 17.3. The molecule has 358 valence electrons. The highest BCUT2D eigenvalue weighted by Crippen LogP contribution is 2.30. The third-order valence-corrected chi connectivity index (χ3v) is 12.9. The molecule has 4 amide bonds. The van der Waals surface area contributed by atoms with Crippen LogP contribution in [0, 0.1) is 23.7 Å². The monoisotopic (exact) mass is 894 g/mol. The number of benzene rings is 2. The molecule has 1 aliphatic heterocycles. The van der Waals surface area contributed by atoms with E-state index in [0.717, 1.165) is 17.5 Å². The minimum absolute atomic E-state index is 0.00113. The van der Waals surface area contributed by atoms with Crippen LogP contribution in [0.25, 0.3) is 0 Å². The number of nitrogens with zero attached hydrogens (tertiary/aromatic N) is 3. The van der Waals surface area contributed by atoms with Crippen molar-refractivity contribution in [1.82, 2.24) is 25.3 Å². The van der Waals surface area contributed by atoms with Crippen LogP contribution in [0.15, 0.2) is 60.7 Å². The fraction of sp³-hybridized carbons (Fsp3) is 0.660. The van der Waals surface area contributed by atoms with Crippen LogP contribution in [0.2, 0.25) is 0 Å². The average molecular weight is 894 g/mol. The zero-order chi connectivity index (χ0) is 47.5. The molecule has 64 heavy (non-hydrogen) atoms. The molecule has 2 aromatic rings. The highest BCUT2D eigenvalue weighted by molar-refractivity contribution is 5.90. The lowest BCUT2D eigenvalue weighted by Crippen LogP contribution is -2.60. The standard InChI is InChI=1S/C50H79N5O9/c1-12-35(6)46(54(9)50(61)44(33(2)3)52-49(60)45(34(4)5)53(8)27-20-26-43(57)58)41(62-10)30-42(56)55-28-19-25-40(55)47(63-11)36(7)48(59)51-39(29-37-21-15-13-16-22-37)32-64-31-38-23-17-14-18-24-38/h13-18,21-24,33-36,39-41,44-47H,12,19-20,25-32H2,1-11H3,(H,51,59)(H,52,60)(H,57,58)/t35?,36?,39?,40-,41?,44?,45?,46?,47?/m0/s1. The first kappa shape index (κ1) is 54.0. The Kier molecular flexibility index (Phi) is 22.9. The third-order valence-electron chi connectivity index (χ3n) is 12.9. The van der Waals surface area contributed by atoms with Crippen molar-refractivity contribution in [2.24, 2.45) is 23.7 Å². The van der Waals surface area contributed by atoms with Gasteiger partial charge in [0.2, 0.25) is 23.6 Å². The van der Waals surface area contributed by atoms with Gasteiger partial charge in [-0.3, -0.25) is 28.9 Å². The lowest BCUT2D eigenvalue weighted by atomic mass is 9.89. The van der Waals surface area contributed by atoms with Crippen LogP contribution < -0.4 is 10.6 Å². The summed E-state index contributed by atoms with van der Waals surface area (Å²) in [6.07, 6.45) is 1.87. The number of nitrogens with one attached hydrogen (secondary N) is 2. The minimum atomic E-state index is -0.890. The molecule has 0 bridgehead atoms. The van der Waals surface area contributed by atoms with Gasteiger partial charge in [-0.05, 0) is 68.2 Å². The molecule has 1 aliphatic rings. The van der Waals surface area contributed by atoms with E-state index in [2.05, 4.69) is 10.6 Å². The van der Waals surface area contributed by atoms with E-state index in [9.17, 15) is 24.0 Å². The number of hydrogen-bond acceptors (Lipinski definition) is 9. The quantitative estimate of drug-likeness (QED) is 0.0949. The first-order chi connectivity index (χ1) is 30.4. The third kappa shape index (κ3) is 16.0. The van der Waals surface area contributed by atoms with Gasteiger partial charge in [0.05, 0.1) is 61.9 Å². The molecule has 3 rings (SSSR count). The maximum Gasteiger partial charge on any atom is 0.303 e. The lowest BCUT2D eigenvalue weighted by Gasteiger charge is -2.41. The van der Waals surface area contributed by atoms with Crippen molar-refractivity contribution < 1.29 is 43.3 Å². The van der Waals surface area contributed by atoms with Crippen molar-refractivity contribution in [3.8, 4) is 0 Å². The first-order valence-corrected chi connectivity index (χ1v) is 23.2. The number of carbonyl (C=O) groups is 5. The summed E-state index contributed by atoms with van der Waals surface area (Å²) < 4.78 is 18.3. The second-order valence-electron chi connectivity index (χ2n) is 18.4. The van der Waals surface area contributed by atoms with Crippen LogP contribution in [-0.2, 0) is 51.2 Å². The number of rotatable bonds is 28. The van der Waals surface area contributed by atoms with Crippen molar-refractivity contribution in [2.45, 2.75) is 142 Å². The maximum atomic E-state index is 14.5. The molecule has 0 spiro atoms. The Morgan fingerprint density at radius 1 is 0.844 bits per heavy atom. The van der Waals surface area contributed by atoms with Gasteiger partial charge in [0.25, 0.3) is 0 Å². The van der Waals surface area contributed by atoms with Gasteiger partial charge in [0.1, 0.15) is 6.04 Å². The summed E-state index contributed by atoms with van der Waals surface area (Å²) in [7, 11) is 6.66. The van der Waals surface area contributed by atoms with Crippen LogP contribution in [-0.4, -0.2) is 140 Å². The molecule has 0 aromatic heterocycles. The molecule has 0 aliphatic carbocycles. The van der Waals surface area contributed by atoms with E-state index in [1.807, 2.05) is 119 Å². The molecule has 14 heteroatoms.